The molecule has 0 saturated carbocycles. The third-order valence-electron chi connectivity index (χ3n) is 2.91. The zero-order valence-electron chi connectivity index (χ0n) is 10.7. The van der Waals surface area contributed by atoms with Gasteiger partial charge in [0, 0.05) is 0 Å². The Morgan fingerprint density at radius 2 is 0.875 bits per heavy atom. The van der Waals surface area contributed by atoms with Crippen LogP contribution in [0.3, 0.4) is 0 Å². The fraction of sp³-hybridized carbons (Fsp3) is 0.778. The highest BCUT2D eigenvalue weighted by Gasteiger charge is 2.83. The van der Waals surface area contributed by atoms with E-state index in [0.717, 1.165) is 0 Å². The van der Waals surface area contributed by atoms with Crippen LogP contribution in [0.1, 0.15) is 6.92 Å². The molecule has 0 bridgehead atoms. The lowest BCUT2D eigenvalue weighted by molar-refractivity contribution is -0.380. The molecule has 0 saturated heterocycles. The molecule has 0 aliphatic carbocycles. The maximum atomic E-state index is 13.1. The average molecular weight is 396 g/mol. The van der Waals surface area contributed by atoms with Crippen LogP contribution in [0.25, 0.3) is 0 Å². The molecule has 1 atom stereocenters. The average Bonchev–Trinajstić information content (AvgIpc) is 2.22. The standard InChI is InChI=1S/C9H3F15/c1-4(7(16,17)18,6(14,15)9(22,23)24)2(3(10)11)5(12,13)8(19,20)21/h1H3. The number of rotatable bonds is 3. The zero-order chi connectivity index (χ0) is 20.2. The first kappa shape index (κ1) is 22.7. The lowest BCUT2D eigenvalue weighted by Gasteiger charge is -2.42. The molecule has 0 aromatic rings. The Morgan fingerprint density at radius 1 is 0.542 bits per heavy atom. The molecule has 0 heterocycles. The van der Waals surface area contributed by atoms with Crippen molar-refractivity contribution in [2.24, 2.45) is 5.41 Å². The highest BCUT2D eigenvalue weighted by molar-refractivity contribution is 5.31. The Kier molecular flexibility index (Phi) is 5.30. The monoisotopic (exact) mass is 396 g/mol. The summed E-state index contributed by atoms with van der Waals surface area (Å²) in [6, 6.07) is 0. The second-order valence-corrected chi connectivity index (χ2v) is 4.40. The van der Waals surface area contributed by atoms with Gasteiger partial charge in [-0.15, -0.1) is 0 Å². The highest BCUT2D eigenvalue weighted by atomic mass is 19.4. The van der Waals surface area contributed by atoms with Gasteiger partial charge in [-0.2, -0.15) is 65.9 Å². The van der Waals surface area contributed by atoms with Crippen molar-refractivity contribution in [2.45, 2.75) is 37.3 Å². The maximum absolute atomic E-state index is 13.1. The first-order valence-corrected chi connectivity index (χ1v) is 5.08. The van der Waals surface area contributed by atoms with Crippen LogP contribution < -0.4 is 0 Å². The van der Waals surface area contributed by atoms with Crippen molar-refractivity contribution >= 4 is 0 Å². The van der Waals surface area contributed by atoms with E-state index in [0.29, 0.717) is 0 Å². The number of hydrogen-bond acceptors (Lipinski definition) is 0. The van der Waals surface area contributed by atoms with Gasteiger partial charge in [0.05, 0.1) is 5.57 Å². The summed E-state index contributed by atoms with van der Waals surface area (Å²) in [5, 5.41) is 0. The van der Waals surface area contributed by atoms with Crippen LogP contribution in [0, 0.1) is 5.41 Å². The Balaban J connectivity index is 7.09. The summed E-state index contributed by atoms with van der Waals surface area (Å²) < 4.78 is 187. The van der Waals surface area contributed by atoms with E-state index in [1.165, 1.54) is 0 Å². The van der Waals surface area contributed by atoms with Gasteiger partial charge in [0.15, 0.2) is 5.41 Å². The molecular weight excluding hydrogens is 393 g/mol. The van der Waals surface area contributed by atoms with Crippen LogP contribution in [-0.2, 0) is 0 Å². The summed E-state index contributed by atoms with van der Waals surface area (Å²) in [7, 11) is 0. The molecule has 0 amide bonds. The summed E-state index contributed by atoms with van der Waals surface area (Å²) in [5.41, 5.74) is -11.3. The van der Waals surface area contributed by atoms with Crippen LogP contribution in [0.15, 0.2) is 11.7 Å². The molecule has 0 rings (SSSR count). The van der Waals surface area contributed by atoms with Crippen LogP contribution in [0.4, 0.5) is 65.9 Å². The Hall–Kier alpha value is -1.31. The Labute approximate surface area is 121 Å². The Morgan fingerprint density at radius 3 is 1.04 bits per heavy atom. The van der Waals surface area contributed by atoms with E-state index in [2.05, 4.69) is 0 Å². The van der Waals surface area contributed by atoms with Crippen molar-refractivity contribution in [3.8, 4) is 0 Å². The molecule has 0 fully saturated rings. The predicted molar refractivity (Wildman–Crippen MR) is 45.4 cm³/mol. The normalized spacial score (nSPS) is 17.5. The summed E-state index contributed by atoms with van der Waals surface area (Å²) in [6.07, 6.45) is -26.6. The van der Waals surface area contributed by atoms with Crippen LogP contribution >= 0.6 is 0 Å². The number of allylic oxidation sites excluding steroid dienone is 1. The topological polar surface area (TPSA) is 0 Å². The second-order valence-electron chi connectivity index (χ2n) is 4.40. The summed E-state index contributed by atoms with van der Waals surface area (Å²) in [5.74, 6) is -14.8. The van der Waals surface area contributed by atoms with E-state index in [9.17, 15) is 65.9 Å². The van der Waals surface area contributed by atoms with E-state index < -0.39 is 54.4 Å². The summed E-state index contributed by atoms with van der Waals surface area (Å²) in [6.45, 7) is -1.52. The smallest absolute Gasteiger partial charge is 0.195 e. The molecule has 0 spiro atoms. The number of alkyl halides is 13. The van der Waals surface area contributed by atoms with E-state index in [4.69, 9.17) is 0 Å². The second kappa shape index (κ2) is 5.61. The molecule has 1 unspecified atom stereocenters. The van der Waals surface area contributed by atoms with Gasteiger partial charge >= 0.3 is 30.4 Å². The van der Waals surface area contributed by atoms with Gasteiger partial charge in [0.1, 0.15) is 0 Å². The number of hydrogen-bond donors (Lipinski definition) is 0. The van der Waals surface area contributed by atoms with Gasteiger partial charge < -0.3 is 0 Å². The minimum absolute atomic E-state index is 1.52. The van der Waals surface area contributed by atoms with E-state index in [1.807, 2.05) is 0 Å². The minimum atomic E-state index is -7.44. The molecular formula is C9H3F15. The van der Waals surface area contributed by atoms with Crippen molar-refractivity contribution in [3.05, 3.63) is 11.7 Å². The van der Waals surface area contributed by atoms with Gasteiger partial charge in [-0.05, 0) is 6.92 Å². The van der Waals surface area contributed by atoms with E-state index in [1.54, 1.807) is 0 Å². The van der Waals surface area contributed by atoms with E-state index >= 15 is 0 Å². The molecule has 144 valence electrons. The molecule has 0 aromatic heterocycles. The van der Waals surface area contributed by atoms with Crippen LogP contribution in [0.5, 0.6) is 0 Å². The molecule has 0 nitrogen and oxygen atoms in total. The summed E-state index contributed by atoms with van der Waals surface area (Å²) >= 11 is 0. The SMILES string of the molecule is CC(C(=C(F)F)C(F)(F)C(F)(F)F)(C(F)(F)F)C(F)(F)C(F)(F)F. The quantitative estimate of drug-likeness (QED) is 0.506. The van der Waals surface area contributed by atoms with Crippen LogP contribution in [-0.4, -0.2) is 30.4 Å². The fourth-order valence-electron chi connectivity index (χ4n) is 1.52. The molecule has 15 heteroatoms. The number of halogens is 15. The van der Waals surface area contributed by atoms with Gasteiger partial charge in [0.25, 0.3) is 6.08 Å². The van der Waals surface area contributed by atoms with Gasteiger partial charge in [-0.1, -0.05) is 0 Å². The third kappa shape index (κ3) is 3.12. The first-order valence-electron chi connectivity index (χ1n) is 5.08. The molecule has 0 aliphatic heterocycles. The lowest BCUT2D eigenvalue weighted by atomic mass is 9.72. The summed E-state index contributed by atoms with van der Waals surface area (Å²) in [4.78, 5) is 0. The van der Waals surface area contributed by atoms with Crippen LogP contribution in [0.2, 0.25) is 0 Å². The van der Waals surface area contributed by atoms with Gasteiger partial charge in [-0.25, -0.2) is 0 Å². The van der Waals surface area contributed by atoms with Gasteiger partial charge in [0.2, 0.25) is 0 Å². The third-order valence-corrected chi connectivity index (χ3v) is 2.91. The lowest BCUT2D eigenvalue weighted by Crippen LogP contribution is -2.62. The van der Waals surface area contributed by atoms with Crippen molar-refractivity contribution in [3.63, 3.8) is 0 Å². The van der Waals surface area contributed by atoms with Crippen molar-refractivity contribution in [2.75, 3.05) is 0 Å². The molecule has 0 aromatic carbocycles. The first-order chi connectivity index (χ1) is 10.1. The predicted octanol–water partition coefficient (Wildman–Crippen LogP) is 6.10. The van der Waals surface area contributed by atoms with Gasteiger partial charge in [-0.3, -0.25) is 0 Å². The van der Waals surface area contributed by atoms with E-state index in [-0.39, 0.29) is 0 Å². The van der Waals surface area contributed by atoms with Crippen molar-refractivity contribution < 1.29 is 65.9 Å². The largest absolute Gasteiger partial charge is 0.457 e. The molecule has 0 radical (unpaired) electrons. The fourth-order valence-corrected chi connectivity index (χ4v) is 1.52. The maximum Gasteiger partial charge on any atom is 0.457 e. The zero-order valence-corrected chi connectivity index (χ0v) is 10.7. The minimum Gasteiger partial charge on any atom is -0.195 e. The molecule has 24 heavy (non-hydrogen) atoms. The highest BCUT2D eigenvalue weighted by Crippen LogP contribution is 2.64. The van der Waals surface area contributed by atoms with Crippen molar-refractivity contribution in [1.29, 1.82) is 0 Å². The molecule has 0 aliphatic rings. The van der Waals surface area contributed by atoms with Crippen molar-refractivity contribution in [1.82, 2.24) is 0 Å². The Bertz CT molecular complexity index is 497. The molecule has 0 N–H and O–H groups in total.